The van der Waals surface area contributed by atoms with Gasteiger partial charge < -0.3 is 10.5 Å². The van der Waals surface area contributed by atoms with Gasteiger partial charge in [0.25, 0.3) is 0 Å². The number of anilines is 1. The molecule has 2 rings (SSSR count). The Balaban J connectivity index is 2.43. The van der Waals surface area contributed by atoms with Crippen molar-refractivity contribution < 1.29 is 4.74 Å². The van der Waals surface area contributed by atoms with E-state index in [2.05, 4.69) is 35.7 Å². The predicted octanol–water partition coefficient (Wildman–Crippen LogP) is 3.02. The van der Waals surface area contributed by atoms with Crippen LogP contribution in [-0.4, -0.2) is 21.6 Å². The molecule has 1 aliphatic carbocycles. The van der Waals surface area contributed by atoms with Crippen LogP contribution in [0.15, 0.2) is 0 Å². The zero-order valence-electron chi connectivity index (χ0n) is 13.0. The van der Waals surface area contributed by atoms with E-state index >= 15 is 0 Å². The van der Waals surface area contributed by atoms with Gasteiger partial charge in [-0.3, -0.25) is 0 Å². The van der Waals surface area contributed by atoms with Crippen LogP contribution in [-0.2, 0) is 10.3 Å². The van der Waals surface area contributed by atoms with Gasteiger partial charge in [-0.2, -0.15) is 9.97 Å². The zero-order valence-corrected chi connectivity index (χ0v) is 13.0. The predicted molar refractivity (Wildman–Crippen MR) is 79.3 cm³/mol. The first-order valence-electron chi connectivity index (χ1n) is 7.62. The molecule has 0 bridgehead atoms. The number of ether oxygens (including phenoxy) is 1. The van der Waals surface area contributed by atoms with Gasteiger partial charge in [-0.05, 0) is 32.1 Å². The maximum absolute atomic E-state index is 6.11. The SMILES string of the molecule is CCOC1(c2nc(N)nc(C(C)C)n2)CCCC(C)C1. The zero-order chi connectivity index (χ0) is 14.8. The van der Waals surface area contributed by atoms with E-state index < -0.39 is 0 Å². The van der Waals surface area contributed by atoms with Crippen molar-refractivity contribution in [2.45, 2.75) is 64.9 Å². The molecule has 2 unspecified atom stereocenters. The molecule has 5 heteroatoms. The summed E-state index contributed by atoms with van der Waals surface area (Å²) in [5.41, 5.74) is 5.49. The van der Waals surface area contributed by atoms with Crippen molar-refractivity contribution in [3.05, 3.63) is 11.6 Å². The third-order valence-corrected chi connectivity index (χ3v) is 3.97. The fraction of sp³-hybridized carbons (Fsp3) is 0.800. The molecule has 112 valence electrons. The fourth-order valence-corrected chi connectivity index (χ4v) is 3.05. The van der Waals surface area contributed by atoms with E-state index in [-0.39, 0.29) is 11.5 Å². The van der Waals surface area contributed by atoms with E-state index in [9.17, 15) is 0 Å². The molecule has 1 aromatic heterocycles. The second kappa shape index (κ2) is 6.04. The molecule has 0 radical (unpaired) electrons. The summed E-state index contributed by atoms with van der Waals surface area (Å²) in [6.45, 7) is 9.08. The molecular weight excluding hydrogens is 252 g/mol. The van der Waals surface area contributed by atoms with Crippen molar-refractivity contribution >= 4 is 5.95 Å². The number of rotatable bonds is 4. The van der Waals surface area contributed by atoms with Gasteiger partial charge in [-0.1, -0.05) is 27.2 Å². The smallest absolute Gasteiger partial charge is 0.223 e. The lowest BCUT2D eigenvalue weighted by molar-refractivity contribution is -0.0882. The van der Waals surface area contributed by atoms with Crippen LogP contribution in [0.4, 0.5) is 5.95 Å². The fourth-order valence-electron chi connectivity index (χ4n) is 3.05. The highest BCUT2D eigenvalue weighted by atomic mass is 16.5. The van der Waals surface area contributed by atoms with Crippen LogP contribution in [0.2, 0.25) is 0 Å². The van der Waals surface area contributed by atoms with E-state index in [1.54, 1.807) is 0 Å². The Hall–Kier alpha value is -1.23. The van der Waals surface area contributed by atoms with Gasteiger partial charge >= 0.3 is 0 Å². The maximum atomic E-state index is 6.11. The molecule has 2 N–H and O–H groups in total. The average Bonchev–Trinajstić information content (AvgIpc) is 2.38. The summed E-state index contributed by atoms with van der Waals surface area (Å²) in [5, 5.41) is 0. The highest BCUT2D eigenvalue weighted by molar-refractivity contribution is 5.20. The lowest BCUT2D eigenvalue weighted by Crippen LogP contribution is -2.37. The standard InChI is InChI=1S/C15H26N4O/c1-5-20-15(8-6-7-11(4)9-15)13-17-12(10(2)3)18-14(16)19-13/h10-11H,5-9H2,1-4H3,(H2,16,17,18,19). The molecule has 5 nitrogen and oxygen atoms in total. The van der Waals surface area contributed by atoms with Crippen LogP contribution in [0.1, 0.15) is 70.9 Å². The third-order valence-electron chi connectivity index (χ3n) is 3.97. The quantitative estimate of drug-likeness (QED) is 0.916. The molecule has 1 aliphatic rings. The minimum atomic E-state index is -0.382. The Bertz CT molecular complexity index is 459. The maximum Gasteiger partial charge on any atom is 0.223 e. The van der Waals surface area contributed by atoms with E-state index in [4.69, 9.17) is 10.5 Å². The summed E-state index contributed by atoms with van der Waals surface area (Å²) in [6.07, 6.45) is 4.31. The summed E-state index contributed by atoms with van der Waals surface area (Å²) < 4.78 is 6.11. The molecule has 0 aromatic carbocycles. The van der Waals surface area contributed by atoms with Crippen LogP contribution in [0, 0.1) is 5.92 Å². The van der Waals surface area contributed by atoms with E-state index in [0.717, 1.165) is 30.9 Å². The van der Waals surface area contributed by atoms with Gasteiger partial charge in [0.1, 0.15) is 11.4 Å². The van der Waals surface area contributed by atoms with Crippen LogP contribution in [0.25, 0.3) is 0 Å². The number of nitrogens with two attached hydrogens (primary N) is 1. The van der Waals surface area contributed by atoms with Crippen molar-refractivity contribution in [2.75, 3.05) is 12.3 Å². The molecule has 1 aromatic rings. The van der Waals surface area contributed by atoms with Crippen molar-refractivity contribution in [3.8, 4) is 0 Å². The number of aromatic nitrogens is 3. The number of hydrogen-bond acceptors (Lipinski definition) is 5. The molecular formula is C15H26N4O. The Morgan fingerprint density at radius 3 is 2.70 bits per heavy atom. The summed E-state index contributed by atoms with van der Waals surface area (Å²) in [4.78, 5) is 13.3. The van der Waals surface area contributed by atoms with E-state index in [0.29, 0.717) is 18.5 Å². The summed E-state index contributed by atoms with van der Waals surface area (Å²) >= 11 is 0. The van der Waals surface area contributed by atoms with Crippen LogP contribution in [0.5, 0.6) is 0 Å². The molecule has 1 saturated carbocycles. The first-order chi connectivity index (χ1) is 9.47. The Morgan fingerprint density at radius 2 is 2.10 bits per heavy atom. The molecule has 0 spiro atoms. The normalized spacial score (nSPS) is 26.9. The average molecular weight is 278 g/mol. The molecule has 20 heavy (non-hydrogen) atoms. The third kappa shape index (κ3) is 3.08. The number of nitrogen functional groups attached to an aromatic ring is 1. The second-order valence-electron chi connectivity index (χ2n) is 6.16. The summed E-state index contributed by atoms with van der Waals surface area (Å²) in [6, 6.07) is 0. The minimum absolute atomic E-state index is 0.235. The van der Waals surface area contributed by atoms with Crippen LogP contribution in [0.3, 0.4) is 0 Å². The molecule has 2 atom stereocenters. The van der Waals surface area contributed by atoms with Crippen molar-refractivity contribution in [3.63, 3.8) is 0 Å². The van der Waals surface area contributed by atoms with E-state index in [1.807, 2.05) is 6.92 Å². The molecule has 0 aliphatic heterocycles. The topological polar surface area (TPSA) is 73.9 Å². The first kappa shape index (κ1) is 15.2. The monoisotopic (exact) mass is 278 g/mol. The van der Waals surface area contributed by atoms with Crippen LogP contribution < -0.4 is 5.73 Å². The highest BCUT2D eigenvalue weighted by Gasteiger charge is 2.40. The van der Waals surface area contributed by atoms with Crippen molar-refractivity contribution in [1.29, 1.82) is 0 Å². The second-order valence-corrected chi connectivity index (χ2v) is 6.16. The lowest BCUT2D eigenvalue weighted by Gasteiger charge is -2.38. The molecule has 1 fully saturated rings. The van der Waals surface area contributed by atoms with E-state index in [1.165, 1.54) is 6.42 Å². The Morgan fingerprint density at radius 1 is 1.35 bits per heavy atom. The van der Waals surface area contributed by atoms with Gasteiger partial charge in [-0.25, -0.2) is 4.98 Å². The number of hydrogen-bond donors (Lipinski definition) is 1. The Kier molecular flexibility index (Phi) is 4.58. The number of nitrogens with zero attached hydrogens (tertiary/aromatic N) is 3. The van der Waals surface area contributed by atoms with Gasteiger partial charge in [0.05, 0.1) is 0 Å². The molecule has 0 amide bonds. The van der Waals surface area contributed by atoms with Gasteiger partial charge in [-0.15, -0.1) is 0 Å². The van der Waals surface area contributed by atoms with Gasteiger partial charge in [0.2, 0.25) is 5.95 Å². The minimum Gasteiger partial charge on any atom is -0.368 e. The van der Waals surface area contributed by atoms with Crippen molar-refractivity contribution in [2.24, 2.45) is 5.92 Å². The molecule has 0 saturated heterocycles. The lowest BCUT2D eigenvalue weighted by atomic mass is 9.78. The molecule has 1 heterocycles. The Labute approximate surface area is 121 Å². The largest absolute Gasteiger partial charge is 0.368 e. The summed E-state index contributed by atoms with van der Waals surface area (Å²) in [7, 11) is 0. The van der Waals surface area contributed by atoms with Gasteiger partial charge in [0, 0.05) is 12.5 Å². The van der Waals surface area contributed by atoms with Crippen molar-refractivity contribution in [1.82, 2.24) is 15.0 Å². The van der Waals surface area contributed by atoms with Crippen LogP contribution >= 0.6 is 0 Å². The van der Waals surface area contributed by atoms with Gasteiger partial charge in [0.15, 0.2) is 5.82 Å². The first-order valence-corrected chi connectivity index (χ1v) is 7.62. The highest BCUT2D eigenvalue weighted by Crippen LogP contribution is 2.41. The summed E-state index contributed by atoms with van der Waals surface area (Å²) in [5.74, 6) is 2.64.